The van der Waals surface area contributed by atoms with Crippen molar-refractivity contribution in [2.45, 2.75) is 32.2 Å². The maximum absolute atomic E-state index is 12.1. The van der Waals surface area contributed by atoms with E-state index in [1.807, 2.05) is 0 Å². The van der Waals surface area contributed by atoms with Crippen molar-refractivity contribution >= 4 is 5.91 Å². The van der Waals surface area contributed by atoms with E-state index in [1.165, 1.54) is 11.1 Å². The van der Waals surface area contributed by atoms with Crippen LogP contribution in [0.2, 0.25) is 0 Å². The van der Waals surface area contributed by atoms with E-state index < -0.39 is 0 Å². The number of carbonyl (C=O) groups excluding carboxylic acids is 1. The molecule has 4 heteroatoms. The van der Waals surface area contributed by atoms with Crippen molar-refractivity contribution in [1.29, 1.82) is 0 Å². The highest BCUT2D eigenvalue weighted by molar-refractivity contribution is 5.76. The van der Waals surface area contributed by atoms with Crippen LogP contribution in [0.5, 0.6) is 0 Å². The van der Waals surface area contributed by atoms with Gasteiger partial charge in [0.15, 0.2) is 0 Å². The largest absolute Gasteiger partial charge is 0.356 e. The van der Waals surface area contributed by atoms with E-state index in [-0.39, 0.29) is 5.91 Å². The number of nitrogens with one attached hydrogen (secondary N) is 1. The Morgan fingerprint density at radius 2 is 2.14 bits per heavy atom. The van der Waals surface area contributed by atoms with Gasteiger partial charge in [-0.15, -0.1) is 0 Å². The molecule has 1 aromatic carbocycles. The van der Waals surface area contributed by atoms with Crippen molar-refractivity contribution in [3.63, 3.8) is 0 Å². The fourth-order valence-corrected chi connectivity index (χ4v) is 3.00. The van der Waals surface area contributed by atoms with E-state index in [9.17, 15) is 4.79 Å². The number of rotatable bonds is 6. The van der Waals surface area contributed by atoms with Crippen molar-refractivity contribution in [3.8, 4) is 0 Å². The molecule has 0 aliphatic carbocycles. The summed E-state index contributed by atoms with van der Waals surface area (Å²) in [5, 5.41) is 3.07. The summed E-state index contributed by atoms with van der Waals surface area (Å²) in [5.41, 5.74) is 2.65. The lowest BCUT2D eigenvalue weighted by atomic mass is 10.1. The molecule has 0 aromatic heterocycles. The van der Waals surface area contributed by atoms with E-state index in [0.717, 1.165) is 39.0 Å². The summed E-state index contributed by atoms with van der Waals surface area (Å²) in [6, 6.07) is 8.92. The first-order valence-corrected chi connectivity index (χ1v) is 8.25. The average molecular weight is 303 g/mol. The summed E-state index contributed by atoms with van der Waals surface area (Å²) in [6.07, 6.45) is 2.62. The number of likely N-dealkylation sites (N-methyl/N-ethyl adjacent to an activating group) is 2. The molecule has 1 atom stereocenters. The van der Waals surface area contributed by atoms with Crippen LogP contribution in [0, 0.1) is 6.92 Å². The molecule has 1 aliphatic rings. The first-order chi connectivity index (χ1) is 10.5. The summed E-state index contributed by atoms with van der Waals surface area (Å²) in [6.45, 7) is 5.99. The number of piperazine rings is 1. The standard InChI is InChI=1S/C18H29N3O/c1-15-6-4-7-16(12-15)8-5-9-19-18(22)13-17-14-20(2)10-11-21(17)3/h4,6-7,12,17H,5,8-11,13-14H2,1-3H3,(H,19,22)/t17-/m1/s1. The molecule has 1 N–H and O–H groups in total. The average Bonchev–Trinajstić information content (AvgIpc) is 2.48. The molecule has 0 saturated carbocycles. The molecule has 1 saturated heterocycles. The van der Waals surface area contributed by atoms with Crippen LogP contribution in [0.1, 0.15) is 24.0 Å². The summed E-state index contributed by atoms with van der Waals surface area (Å²) in [5.74, 6) is 0.177. The molecule has 0 bridgehead atoms. The van der Waals surface area contributed by atoms with Gasteiger partial charge >= 0.3 is 0 Å². The Kier molecular flexibility index (Phi) is 6.40. The minimum absolute atomic E-state index is 0.177. The molecule has 0 spiro atoms. The number of hydrogen-bond acceptors (Lipinski definition) is 3. The zero-order valence-electron chi connectivity index (χ0n) is 14.1. The number of amides is 1. The van der Waals surface area contributed by atoms with Gasteiger partial charge in [-0.1, -0.05) is 29.8 Å². The Hall–Kier alpha value is -1.39. The van der Waals surface area contributed by atoms with Crippen molar-refractivity contribution < 1.29 is 4.79 Å². The minimum Gasteiger partial charge on any atom is -0.356 e. The first kappa shape index (κ1) is 17.0. The summed E-state index contributed by atoms with van der Waals surface area (Å²) >= 11 is 0. The number of nitrogens with zero attached hydrogens (tertiary/aromatic N) is 2. The quantitative estimate of drug-likeness (QED) is 0.812. The summed E-state index contributed by atoms with van der Waals surface area (Å²) in [7, 11) is 4.24. The Bertz CT molecular complexity index is 489. The van der Waals surface area contributed by atoms with E-state index >= 15 is 0 Å². The first-order valence-electron chi connectivity index (χ1n) is 8.25. The van der Waals surface area contributed by atoms with Gasteiger partial charge in [-0.2, -0.15) is 0 Å². The lowest BCUT2D eigenvalue weighted by molar-refractivity contribution is -0.122. The third kappa shape index (κ3) is 5.43. The minimum atomic E-state index is 0.177. The Balaban J connectivity index is 1.65. The molecule has 1 amide bonds. The highest BCUT2D eigenvalue weighted by atomic mass is 16.1. The maximum Gasteiger partial charge on any atom is 0.221 e. The van der Waals surface area contributed by atoms with E-state index in [1.54, 1.807) is 0 Å². The normalized spacial score (nSPS) is 20.0. The SMILES string of the molecule is Cc1cccc(CCCNC(=O)C[C@@H]2CN(C)CCN2C)c1. The second-order valence-electron chi connectivity index (χ2n) is 6.54. The highest BCUT2D eigenvalue weighted by Gasteiger charge is 2.24. The van der Waals surface area contributed by atoms with Crippen molar-refractivity contribution in [3.05, 3.63) is 35.4 Å². The lowest BCUT2D eigenvalue weighted by Gasteiger charge is -2.37. The molecule has 22 heavy (non-hydrogen) atoms. The smallest absolute Gasteiger partial charge is 0.221 e. The van der Waals surface area contributed by atoms with Crippen LogP contribution in [0.4, 0.5) is 0 Å². The predicted molar refractivity (Wildman–Crippen MR) is 91.0 cm³/mol. The molecule has 0 radical (unpaired) electrons. The zero-order chi connectivity index (χ0) is 15.9. The molecule has 4 nitrogen and oxygen atoms in total. The van der Waals surface area contributed by atoms with E-state index in [4.69, 9.17) is 0 Å². The Morgan fingerprint density at radius 1 is 1.32 bits per heavy atom. The molecule has 1 fully saturated rings. The zero-order valence-corrected chi connectivity index (χ0v) is 14.1. The molecular formula is C18H29N3O. The summed E-state index contributed by atoms with van der Waals surface area (Å²) in [4.78, 5) is 16.7. The number of benzene rings is 1. The van der Waals surface area contributed by atoms with Gasteiger partial charge in [0.25, 0.3) is 0 Å². The topological polar surface area (TPSA) is 35.6 Å². The van der Waals surface area contributed by atoms with Gasteiger partial charge in [0.1, 0.15) is 0 Å². The van der Waals surface area contributed by atoms with Crippen LogP contribution in [0.3, 0.4) is 0 Å². The van der Waals surface area contributed by atoms with Gasteiger partial charge in [0.2, 0.25) is 5.91 Å². The van der Waals surface area contributed by atoms with E-state index in [2.05, 4.69) is 60.4 Å². The highest BCUT2D eigenvalue weighted by Crippen LogP contribution is 2.09. The van der Waals surface area contributed by atoms with E-state index in [0.29, 0.717) is 12.5 Å². The van der Waals surface area contributed by atoms with Gasteiger partial charge in [-0.05, 0) is 39.4 Å². The number of aryl methyl sites for hydroxylation is 2. The van der Waals surface area contributed by atoms with Crippen molar-refractivity contribution in [2.24, 2.45) is 0 Å². The van der Waals surface area contributed by atoms with Crippen molar-refractivity contribution in [2.75, 3.05) is 40.3 Å². The van der Waals surface area contributed by atoms with Crippen LogP contribution in [-0.4, -0.2) is 62.0 Å². The third-order valence-electron chi connectivity index (χ3n) is 4.45. The molecule has 2 rings (SSSR count). The van der Waals surface area contributed by atoms with Gasteiger partial charge in [0, 0.05) is 38.6 Å². The summed E-state index contributed by atoms with van der Waals surface area (Å²) < 4.78 is 0. The molecule has 1 aromatic rings. The molecular weight excluding hydrogens is 274 g/mol. The predicted octanol–water partition coefficient (Wildman–Crippen LogP) is 1.68. The number of carbonyl (C=O) groups is 1. The second-order valence-corrected chi connectivity index (χ2v) is 6.54. The number of hydrogen-bond donors (Lipinski definition) is 1. The van der Waals surface area contributed by atoms with Gasteiger partial charge in [-0.25, -0.2) is 0 Å². The molecule has 1 aliphatic heterocycles. The van der Waals surface area contributed by atoms with Gasteiger partial charge < -0.3 is 15.1 Å². The Morgan fingerprint density at radius 3 is 2.91 bits per heavy atom. The fourth-order valence-electron chi connectivity index (χ4n) is 3.00. The Labute approximate surface area is 134 Å². The molecule has 1 heterocycles. The van der Waals surface area contributed by atoms with Crippen molar-refractivity contribution in [1.82, 2.24) is 15.1 Å². The molecule has 122 valence electrons. The van der Waals surface area contributed by atoms with Crippen LogP contribution < -0.4 is 5.32 Å². The van der Waals surface area contributed by atoms with Gasteiger partial charge in [-0.3, -0.25) is 4.79 Å². The van der Waals surface area contributed by atoms with Crippen LogP contribution in [0.15, 0.2) is 24.3 Å². The maximum atomic E-state index is 12.1. The fraction of sp³-hybridized carbons (Fsp3) is 0.611. The second kappa shape index (κ2) is 8.30. The lowest BCUT2D eigenvalue weighted by Crippen LogP contribution is -2.51. The van der Waals surface area contributed by atoms with Crippen LogP contribution in [-0.2, 0) is 11.2 Å². The molecule has 0 unspecified atom stereocenters. The van der Waals surface area contributed by atoms with Gasteiger partial charge in [0.05, 0.1) is 0 Å². The third-order valence-corrected chi connectivity index (χ3v) is 4.45. The van der Waals surface area contributed by atoms with Crippen LogP contribution >= 0.6 is 0 Å². The monoisotopic (exact) mass is 303 g/mol. The van der Waals surface area contributed by atoms with Crippen LogP contribution in [0.25, 0.3) is 0 Å².